The summed E-state index contributed by atoms with van der Waals surface area (Å²) in [5.41, 5.74) is 1.29. The van der Waals surface area contributed by atoms with Gasteiger partial charge in [0.05, 0.1) is 6.61 Å². The van der Waals surface area contributed by atoms with Crippen molar-refractivity contribution in [3.8, 4) is 0 Å². The van der Waals surface area contributed by atoms with Gasteiger partial charge in [0.25, 0.3) is 0 Å². The van der Waals surface area contributed by atoms with E-state index in [1.54, 1.807) is 0 Å². The molecule has 3 saturated heterocycles. The third-order valence-corrected chi connectivity index (χ3v) is 6.15. The molecule has 3 aliphatic rings. The third-order valence-electron chi connectivity index (χ3n) is 5.62. The highest BCUT2D eigenvalue weighted by molar-refractivity contribution is 9.10. The van der Waals surface area contributed by atoms with Gasteiger partial charge in [-0.15, -0.1) is 0 Å². The van der Waals surface area contributed by atoms with Crippen LogP contribution in [0.5, 0.6) is 0 Å². The summed E-state index contributed by atoms with van der Waals surface area (Å²) in [4.78, 5) is 5.23. The molecule has 1 aromatic carbocycles. The first-order valence-corrected chi connectivity index (χ1v) is 8.86. The molecule has 3 nitrogen and oxygen atoms in total. The van der Waals surface area contributed by atoms with Crippen LogP contribution >= 0.6 is 15.9 Å². The minimum atomic E-state index is 0.158. The largest absolute Gasteiger partial charge is 0.358 e. The summed E-state index contributed by atoms with van der Waals surface area (Å²) in [6.07, 6.45) is 5.54. The molecule has 3 fully saturated rings. The molecule has 3 heterocycles. The lowest BCUT2D eigenvalue weighted by Crippen LogP contribution is -2.48. The van der Waals surface area contributed by atoms with Gasteiger partial charge in [-0.3, -0.25) is 4.90 Å². The predicted octanol–water partition coefficient (Wildman–Crippen LogP) is 3.41. The number of hydrogen-bond acceptors (Lipinski definition) is 3. The molecule has 1 aromatic rings. The average molecular weight is 351 g/mol. The van der Waals surface area contributed by atoms with Crippen molar-refractivity contribution in [2.24, 2.45) is 0 Å². The van der Waals surface area contributed by atoms with Crippen molar-refractivity contribution in [1.29, 1.82) is 0 Å². The molecule has 0 aromatic heterocycles. The maximum Gasteiger partial charge on any atom is 0.137 e. The minimum absolute atomic E-state index is 0.158. The van der Waals surface area contributed by atoms with Crippen molar-refractivity contribution in [3.05, 3.63) is 34.3 Å². The van der Waals surface area contributed by atoms with Gasteiger partial charge in [0, 0.05) is 29.1 Å². The van der Waals surface area contributed by atoms with Crippen LogP contribution in [-0.2, 0) is 4.74 Å². The second-order valence-corrected chi connectivity index (χ2v) is 7.60. The topological polar surface area (TPSA) is 15.7 Å². The molecule has 0 amide bonds. The molecular formula is C17H23BrN2O. The lowest BCUT2D eigenvalue weighted by atomic mass is 9.96. The second-order valence-electron chi connectivity index (χ2n) is 6.69. The molecule has 21 heavy (non-hydrogen) atoms. The SMILES string of the molecule is CN1C2CCC1CC(N1CCOC1c1ccc(Br)cc1)C2. The Labute approximate surface area is 135 Å². The highest BCUT2D eigenvalue weighted by atomic mass is 79.9. The van der Waals surface area contributed by atoms with E-state index in [0.717, 1.165) is 29.7 Å². The molecule has 3 aliphatic heterocycles. The molecule has 3 atom stereocenters. The number of ether oxygens (including phenoxy) is 1. The van der Waals surface area contributed by atoms with E-state index in [2.05, 4.69) is 57.0 Å². The maximum absolute atomic E-state index is 6.06. The van der Waals surface area contributed by atoms with Crippen LogP contribution in [-0.4, -0.2) is 48.1 Å². The zero-order valence-corrected chi connectivity index (χ0v) is 14.1. The van der Waals surface area contributed by atoms with Crippen LogP contribution in [0.15, 0.2) is 28.7 Å². The van der Waals surface area contributed by atoms with Crippen molar-refractivity contribution in [2.45, 2.75) is 50.0 Å². The average Bonchev–Trinajstić information content (AvgIpc) is 3.02. The van der Waals surface area contributed by atoms with E-state index in [9.17, 15) is 0 Å². The van der Waals surface area contributed by atoms with Gasteiger partial charge in [0.15, 0.2) is 0 Å². The van der Waals surface area contributed by atoms with Gasteiger partial charge in [-0.2, -0.15) is 0 Å². The molecule has 2 bridgehead atoms. The van der Waals surface area contributed by atoms with Crippen LogP contribution in [0, 0.1) is 0 Å². The predicted molar refractivity (Wildman–Crippen MR) is 87.1 cm³/mol. The summed E-state index contributed by atoms with van der Waals surface area (Å²) in [6.45, 7) is 1.94. The summed E-state index contributed by atoms with van der Waals surface area (Å²) in [7, 11) is 2.31. The zero-order chi connectivity index (χ0) is 14.4. The Morgan fingerprint density at radius 1 is 1.05 bits per heavy atom. The molecular weight excluding hydrogens is 328 g/mol. The number of halogens is 1. The normalized spacial score (nSPS) is 37.2. The highest BCUT2D eigenvalue weighted by Crippen LogP contribution is 2.40. The number of fused-ring (bicyclic) bond motifs is 2. The fraction of sp³-hybridized carbons (Fsp3) is 0.647. The van der Waals surface area contributed by atoms with Gasteiger partial charge in [0.2, 0.25) is 0 Å². The zero-order valence-electron chi connectivity index (χ0n) is 12.5. The Morgan fingerprint density at radius 2 is 1.71 bits per heavy atom. The standard InChI is InChI=1S/C17H23BrN2O/c1-19-14-6-7-15(19)11-16(10-14)20-8-9-21-17(20)12-2-4-13(18)5-3-12/h2-5,14-17H,6-11H2,1H3. The van der Waals surface area contributed by atoms with Gasteiger partial charge in [-0.25, -0.2) is 0 Å². The fourth-order valence-electron chi connectivity index (χ4n) is 4.43. The lowest BCUT2D eigenvalue weighted by molar-refractivity contribution is -0.0145. The van der Waals surface area contributed by atoms with Crippen LogP contribution in [0.2, 0.25) is 0 Å². The summed E-state index contributed by atoms with van der Waals surface area (Å²) >= 11 is 3.52. The number of hydrogen-bond donors (Lipinski definition) is 0. The quantitative estimate of drug-likeness (QED) is 0.812. The molecule has 0 aliphatic carbocycles. The smallest absolute Gasteiger partial charge is 0.137 e. The monoisotopic (exact) mass is 350 g/mol. The van der Waals surface area contributed by atoms with Crippen molar-refractivity contribution >= 4 is 15.9 Å². The number of benzene rings is 1. The van der Waals surface area contributed by atoms with E-state index in [0.29, 0.717) is 6.04 Å². The molecule has 0 saturated carbocycles. The van der Waals surface area contributed by atoms with E-state index in [1.165, 1.54) is 31.2 Å². The lowest BCUT2D eigenvalue weighted by Gasteiger charge is -2.41. The maximum atomic E-state index is 6.06. The molecule has 114 valence electrons. The van der Waals surface area contributed by atoms with Gasteiger partial charge >= 0.3 is 0 Å². The Bertz CT molecular complexity index is 492. The summed E-state index contributed by atoms with van der Waals surface area (Å²) in [5.74, 6) is 0. The molecule has 0 spiro atoms. The third kappa shape index (κ3) is 2.56. The van der Waals surface area contributed by atoms with Crippen molar-refractivity contribution in [3.63, 3.8) is 0 Å². The molecule has 0 radical (unpaired) electrons. The molecule has 3 unspecified atom stereocenters. The molecule has 4 heteroatoms. The summed E-state index contributed by atoms with van der Waals surface area (Å²) < 4.78 is 7.19. The van der Waals surface area contributed by atoms with Gasteiger partial charge in [0.1, 0.15) is 6.23 Å². The molecule has 4 rings (SSSR count). The van der Waals surface area contributed by atoms with Gasteiger partial charge in [-0.1, -0.05) is 28.1 Å². The van der Waals surface area contributed by atoms with Crippen LogP contribution in [0.25, 0.3) is 0 Å². The highest BCUT2D eigenvalue weighted by Gasteiger charge is 2.43. The van der Waals surface area contributed by atoms with E-state index < -0.39 is 0 Å². The first-order valence-electron chi connectivity index (χ1n) is 8.07. The van der Waals surface area contributed by atoms with Crippen LogP contribution in [0.4, 0.5) is 0 Å². The van der Waals surface area contributed by atoms with E-state index >= 15 is 0 Å². The second kappa shape index (κ2) is 5.65. The number of rotatable bonds is 2. The Kier molecular flexibility index (Phi) is 3.82. The van der Waals surface area contributed by atoms with Crippen LogP contribution in [0.1, 0.15) is 37.5 Å². The first-order chi connectivity index (χ1) is 10.2. The number of nitrogens with zero attached hydrogens (tertiary/aromatic N) is 2. The summed E-state index contributed by atoms with van der Waals surface area (Å²) in [6, 6.07) is 10.9. The van der Waals surface area contributed by atoms with Gasteiger partial charge in [-0.05, 0) is 50.4 Å². The van der Waals surface area contributed by atoms with Crippen LogP contribution < -0.4 is 0 Å². The van der Waals surface area contributed by atoms with E-state index in [-0.39, 0.29) is 6.23 Å². The Morgan fingerprint density at radius 3 is 2.38 bits per heavy atom. The van der Waals surface area contributed by atoms with Crippen molar-refractivity contribution in [1.82, 2.24) is 9.80 Å². The Balaban J connectivity index is 1.53. The van der Waals surface area contributed by atoms with E-state index in [1.807, 2.05) is 0 Å². The van der Waals surface area contributed by atoms with E-state index in [4.69, 9.17) is 4.74 Å². The first kappa shape index (κ1) is 14.2. The van der Waals surface area contributed by atoms with Crippen molar-refractivity contribution in [2.75, 3.05) is 20.2 Å². The summed E-state index contributed by atoms with van der Waals surface area (Å²) in [5, 5.41) is 0. The molecule has 0 N–H and O–H groups in total. The van der Waals surface area contributed by atoms with Gasteiger partial charge < -0.3 is 9.64 Å². The van der Waals surface area contributed by atoms with Crippen molar-refractivity contribution < 1.29 is 4.74 Å². The minimum Gasteiger partial charge on any atom is -0.358 e. The fourth-order valence-corrected chi connectivity index (χ4v) is 4.69. The number of piperidine rings is 1. The van der Waals surface area contributed by atoms with Crippen LogP contribution in [0.3, 0.4) is 0 Å². The Hall–Kier alpha value is -0.420.